The van der Waals surface area contributed by atoms with E-state index in [-0.39, 0.29) is 16.5 Å². The van der Waals surface area contributed by atoms with Crippen LogP contribution in [0.1, 0.15) is 23.6 Å². The maximum atomic E-state index is 13.8. The third-order valence-electron chi connectivity index (χ3n) is 3.85. The van der Waals surface area contributed by atoms with Crippen molar-refractivity contribution in [2.24, 2.45) is 0 Å². The van der Waals surface area contributed by atoms with E-state index in [4.69, 9.17) is 9.15 Å². The first-order chi connectivity index (χ1) is 11.4. The summed E-state index contributed by atoms with van der Waals surface area (Å²) in [5, 5.41) is 0.258. The summed E-state index contributed by atoms with van der Waals surface area (Å²) in [6.45, 7) is 0.775. The minimum Gasteiger partial charge on any atom is -0.497 e. The van der Waals surface area contributed by atoms with Crippen LogP contribution in [0.15, 0.2) is 57.7 Å². The van der Waals surface area contributed by atoms with Crippen molar-refractivity contribution in [3.05, 3.63) is 75.6 Å². The quantitative estimate of drug-likeness (QED) is 0.661. The molecule has 5 heteroatoms. The van der Waals surface area contributed by atoms with E-state index in [1.165, 1.54) is 0 Å². The molecular weight excluding hydrogens is 314 g/mol. The first-order valence-corrected chi connectivity index (χ1v) is 7.45. The Morgan fingerprint density at radius 1 is 1.04 bits per heavy atom. The topological polar surface area (TPSA) is 39.4 Å². The largest absolute Gasteiger partial charge is 0.497 e. The van der Waals surface area contributed by atoms with E-state index < -0.39 is 11.5 Å². The van der Waals surface area contributed by atoms with Gasteiger partial charge in [0.15, 0.2) is 0 Å². The van der Waals surface area contributed by atoms with Gasteiger partial charge in [-0.3, -0.25) is 0 Å². The smallest absolute Gasteiger partial charge is 0.336 e. The third kappa shape index (κ3) is 3.30. The molecule has 3 nitrogen and oxygen atoms in total. The molecule has 0 spiro atoms. The Balaban J connectivity index is 2.03. The van der Waals surface area contributed by atoms with Gasteiger partial charge in [0.25, 0.3) is 5.92 Å². The van der Waals surface area contributed by atoms with Gasteiger partial charge in [-0.15, -0.1) is 0 Å². The summed E-state index contributed by atoms with van der Waals surface area (Å²) in [6, 6.07) is 13.4. The van der Waals surface area contributed by atoms with Crippen molar-refractivity contribution in [3.8, 4) is 5.75 Å². The zero-order valence-electron chi connectivity index (χ0n) is 13.3. The van der Waals surface area contributed by atoms with Crippen molar-refractivity contribution in [1.29, 1.82) is 0 Å². The molecule has 0 bridgehead atoms. The number of hydrogen-bond acceptors (Lipinski definition) is 3. The second kappa shape index (κ2) is 6.07. The molecule has 0 unspecified atom stereocenters. The summed E-state index contributed by atoms with van der Waals surface area (Å²) < 4.78 is 37.8. The lowest BCUT2D eigenvalue weighted by atomic mass is 9.99. The van der Waals surface area contributed by atoms with Crippen molar-refractivity contribution in [1.82, 2.24) is 0 Å². The van der Waals surface area contributed by atoms with Crippen LogP contribution in [-0.4, -0.2) is 7.11 Å². The van der Waals surface area contributed by atoms with Crippen LogP contribution in [0.3, 0.4) is 0 Å². The Bertz CT molecular complexity index is 922. The van der Waals surface area contributed by atoms with Crippen LogP contribution >= 0.6 is 0 Å². The maximum absolute atomic E-state index is 13.8. The molecule has 1 heterocycles. The van der Waals surface area contributed by atoms with Gasteiger partial charge in [0.05, 0.1) is 7.11 Å². The molecular formula is C19H16F2O3. The molecule has 1 aromatic heterocycles. The number of hydrogen-bond donors (Lipinski definition) is 0. The molecule has 0 aliphatic heterocycles. The lowest BCUT2D eigenvalue weighted by molar-refractivity contribution is 0.0186. The molecule has 24 heavy (non-hydrogen) atoms. The molecule has 0 amide bonds. The molecule has 124 valence electrons. The second-order valence-corrected chi connectivity index (χ2v) is 5.72. The fourth-order valence-electron chi connectivity index (χ4n) is 2.66. The Morgan fingerprint density at radius 2 is 1.71 bits per heavy atom. The van der Waals surface area contributed by atoms with E-state index in [0.29, 0.717) is 6.42 Å². The average molecular weight is 330 g/mol. The van der Waals surface area contributed by atoms with E-state index >= 15 is 0 Å². The monoisotopic (exact) mass is 330 g/mol. The zero-order chi connectivity index (χ0) is 17.3. The van der Waals surface area contributed by atoms with Crippen LogP contribution in [-0.2, 0) is 12.3 Å². The van der Waals surface area contributed by atoms with E-state index in [0.717, 1.165) is 29.9 Å². The highest BCUT2D eigenvalue weighted by molar-refractivity contribution is 5.81. The summed E-state index contributed by atoms with van der Waals surface area (Å²) >= 11 is 0. The number of ether oxygens (including phenoxy) is 1. The summed E-state index contributed by atoms with van der Waals surface area (Å²) in [4.78, 5) is 11.5. The highest BCUT2D eigenvalue weighted by atomic mass is 19.3. The fraction of sp³-hybridized carbons (Fsp3) is 0.211. The molecule has 2 aromatic carbocycles. The van der Waals surface area contributed by atoms with E-state index in [9.17, 15) is 13.6 Å². The molecule has 0 fully saturated rings. The molecule has 3 rings (SSSR count). The van der Waals surface area contributed by atoms with Crippen molar-refractivity contribution >= 4 is 11.0 Å². The minimum atomic E-state index is -3.12. The highest BCUT2D eigenvalue weighted by Gasteiger charge is 2.28. The molecule has 0 N–H and O–H groups in total. The lowest BCUT2D eigenvalue weighted by Gasteiger charge is -2.13. The zero-order valence-corrected chi connectivity index (χ0v) is 13.3. The summed E-state index contributed by atoms with van der Waals surface area (Å²) in [5.74, 6) is -2.36. The van der Waals surface area contributed by atoms with Crippen LogP contribution in [0.2, 0.25) is 0 Å². The summed E-state index contributed by atoms with van der Waals surface area (Å²) in [6.07, 6.45) is 0.577. The minimum absolute atomic E-state index is 0.164. The van der Waals surface area contributed by atoms with Crippen LogP contribution in [0.4, 0.5) is 8.78 Å². The SMILES string of the molecule is COc1ccc(Cc2ccc3oc(=O)cc(C(C)(F)F)c3c2)cc1. The van der Waals surface area contributed by atoms with E-state index in [1.807, 2.05) is 24.3 Å². The van der Waals surface area contributed by atoms with Gasteiger partial charge >= 0.3 is 5.63 Å². The van der Waals surface area contributed by atoms with Crippen LogP contribution in [0.25, 0.3) is 11.0 Å². The second-order valence-electron chi connectivity index (χ2n) is 5.72. The Kier molecular flexibility index (Phi) is 4.09. The first kappa shape index (κ1) is 16.2. The van der Waals surface area contributed by atoms with Gasteiger partial charge in [0.2, 0.25) is 0 Å². The standard InChI is InChI=1S/C19H16F2O3/c1-19(20,21)16-11-18(22)24-17-8-5-13(10-15(16)17)9-12-3-6-14(23-2)7-4-12/h3-8,10-11H,9H2,1-2H3. The van der Waals surface area contributed by atoms with Crippen LogP contribution < -0.4 is 10.4 Å². The number of rotatable bonds is 4. The fourth-order valence-corrected chi connectivity index (χ4v) is 2.66. The molecule has 3 aromatic rings. The van der Waals surface area contributed by atoms with Gasteiger partial charge in [0.1, 0.15) is 11.3 Å². The molecule has 0 saturated carbocycles. The number of methoxy groups -OCH3 is 1. The van der Waals surface area contributed by atoms with Gasteiger partial charge in [-0.25, -0.2) is 13.6 Å². The predicted molar refractivity (Wildman–Crippen MR) is 87.9 cm³/mol. The molecule has 0 atom stereocenters. The predicted octanol–water partition coefficient (Wildman–Crippen LogP) is 4.50. The maximum Gasteiger partial charge on any atom is 0.336 e. The Hall–Kier alpha value is -2.69. The summed E-state index contributed by atoms with van der Waals surface area (Å²) in [7, 11) is 1.60. The van der Waals surface area contributed by atoms with Gasteiger partial charge < -0.3 is 9.15 Å². The number of alkyl halides is 2. The van der Waals surface area contributed by atoms with Crippen molar-refractivity contribution < 1.29 is 17.9 Å². The molecule has 0 saturated heterocycles. The summed E-state index contributed by atoms with van der Waals surface area (Å²) in [5.41, 5.74) is 0.953. The van der Waals surface area contributed by atoms with Crippen LogP contribution in [0, 0.1) is 0 Å². The van der Waals surface area contributed by atoms with Crippen molar-refractivity contribution in [2.45, 2.75) is 19.3 Å². The van der Waals surface area contributed by atoms with Gasteiger partial charge in [-0.2, -0.15) is 0 Å². The third-order valence-corrected chi connectivity index (χ3v) is 3.85. The first-order valence-electron chi connectivity index (χ1n) is 7.45. The van der Waals surface area contributed by atoms with E-state index in [2.05, 4.69) is 0 Å². The van der Waals surface area contributed by atoms with Gasteiger partial charge in [0, 0.05) is 23.9 Å². The van der Waals surface area contributed by atoms with Crippen molar-refractivity contribution in [3.63, 3.8) is 0 Å². The van der Waals surface area contributed by atoms with Crippen LogP contribution in [0.5, 0.6) is 5.75 Å². The lowest BCUT2D eigenvalue weighted by Crippen LogP contribution is -2.12. The van der Waals surface area contributed by atoms with Gasteiger partial charge in [-0.1, -0.05) is 18.2 Å². The average Bonchev–Trinajstić information content (AvgIpc) is 2.54. The van der Waals surface area contributed by atoms with Gasteiger partial charge in [-0.05, 0) is 41.8 Å². The highest BCUT2D eigenvalue weighted by Crippen LogP contribution is 2.32. The number of halogens is 2. The van der Waals surface area contributed by atoms with E-state index in [1.54, 1.807) is 25.3 Å². The molecule has 0 aliphatic carbocycles. The number of fused-ring (bicyclic) bond motifs is 1. The Labute approximate surface area is 137 Å². The molecule has 0 aliphatic rings. The Morgan fingerprint density at radius 3 is 2.33 bits per heavy atom. The number of benzene rings is 2. The van der Waals surface area contributed by atoms with Crippen molar-refractivity contribution in [2.75, 3.05) is 7.11 Å². The normalized spacial score (nSPS) is 11.7. The molecule has 0 radical (unpaired) electrons.